The van der Waals surface area contributed by atoms with E-state index in [2.05, 4.69) is 0 Å². The fraction of sp³-hybridized carbons (Fsp3) is 0.588. The topological polar surface area (TPSA) is 66.6 Å². The van der Waals surface area contributed by atoms with Crippen molar-refractivity contribution in [3.05, 3.63) is 29.3 Å². The summed E-state index contributed by atoms with van der Waals surface area (Å²) < 4.78 is 0. The van der Waals surface area contributed by atoms with Crippen LogP contribution in [0.25, 0.3) is 0 Å². The first-order valence-corrected chi connectivity index (χ1v) is 7.78. The Morgan fingerprint density at radius 2 is 2.05 bits per heavy atom. The van der Waals surface area contributed by atoms with Crippen LogP contribution in [0.1, 0.15) is 57.3 Å². The van der Waals surface area contributed by atoms with Gasteiger partial charge in [-0.3, -0.25) is 4.79 Å². The van der Waals surface area contributed by atoms with Gasteiger partial charge in [-0.2, -0.15) is 0 Å². The molecule has 0 aromatic heterocycles. The quantitative estimate of drug-likeness (QED) is 0.791. The van der Waals surface area contributed by atoms with E-state index in [0.29, 0.717) is 19.5 Å². The number of anilines is 1. The van der Waals surface area contributed by atoms with Gasteiger partial charge < -0.3 is 15.7 Å². The Hall–Kier alpha value is -1.39. The Kier molecular flexibility index (Phi) is 4.69. The second-order valence-electron chi connectivity index (χ2n) is 6.28. The minimum Gasteiger partial charge on any atom is -0.388 e. The molecule has 4 nitrogen and oxygen atoms in total. The number of unbranched alkanes of at least 4 members (excludes halogenated alkanes) is 1. The molecule has 1 aromatic rings. The van der Waals surface area contributed by atoms with Gasteiger partial charge in [0.1, 0.15) is 0 Å². The molecule has 1 aromatic carbocycles. The minimum atomic E-state index is -0.526. The van der Waals surface area contributed by atoms with Gasteiger partial charge >= 0.3 is 0 Å². The lowest BCUT2D eigenvalue weighted by molar-refractivity contribution is -0.122. The van der Waals surface area contributed by atoms with Crippen molar-refractivity contribution in [2.24, 2.45) is 5.73 Å². The number of aliphatic hydroxyl groups is 1. The summed E-state index contributed by atoms with van der Waals surface area (Å²) in [5.41, 5.74) is 7.90. The van der Waals surface area contributed by atoms with Gasteiger partial charge in [-0.1, -0.05) is 19.1 Å². The van der Waals surface area contributed by atoms with Crippen LogP contribution in [0, 0.1) is 0 Å². The number of hydrogen-bond donors (Lipinski definition) is 2. The highest BCUT2D eigenvalue weighted by Crippen LogP contribution is 2.42. The van der Waals surface area contributed by atoms with Crippen molar-refractivity contribution in [1.82, 2.24) is 0 Å². The summed E-state index contributed by atoms with van der Waals surface area (Å²) in [6.07, 6.45) is 2.05. The Balaban J connectivity index is 2.34. The molecule has 0 saturated heterocycles. The van der Waals surface area contributed by atoms with Crippen LogP contribution in [0.15, 0.2) is 18.2 Å². The summed E-state index contributed by atoms with van der Waals surface area (Å²) in [5, 5.41) is 10.0. The molecule has 4 heteroatoms. The lowest BCUT2D eigenvalue weighted by Crippen LogP contribution is -2.36. The molecule has 0 saturated carbocycles. The maximum Gasteiger partial charge on any atom is 0.237 e. The van der Waals surface area contributed by atoms with Crippen molar-refractivity contribution >= 4 is 11.6 Å². The van der Waals surface area contributed by atoms with Gasteiger partial charge in [0.2, 0.25) is 5.91 Å². The van der Waals surface area contributed by atoms with Crippen molar-refractivity contribution in [2.75, 3.05) is 18.0 Å². The summed E-state index contributed by atoms with van der Waals surface area (Å²) in [4.78, 5) is 14.5. The van der Waals surface area contributed by atoms with Crippen molar-refractivity contribution < 1.29 is 9.90 Å². The Bertz CT molecular complexity index is 526. The smallest absolute Gasteiger partial charge is 0.237 e. The van der Waals surface area contributed by atoms with E-state index in [0.717, 1.165) is 29.7 Å². The van der Waals surface area contributed by atoms with E-state index in [9.17, 15) is 9.90 Å². The molecule has 0 spiro atoms. The zero-order valence-electron chi connectivity index (χ0n) is 13.2. The van der Waals surface area contributed by atoms with Gasteiger partial charge in [-0.25, -0.2) is 0 Å². The highest BCUT2D eigenvalue weighted by Gasteiger charge is 2.43. The number of benzene rings is 1. The largest absolute Gasteiger partial charge is 0.388 e. The van der Waals surface area contributed by atoms with Gasteiger partial charge in [0.05, 0.1) is 11.5 Å². The number of hydrogen-bond acceptors (Lipinski definition) is 3. The first-order chi connectivity index (χ1) is 9.93. The Morgan fingerprint density at radius 3 is 2.67 bits per heavy atom. The zero-order valence-corrected chi connectivity index (χ0v) is 13.2. The number of nitrogens with two attached hydrogens (primary N) is 1. The molecular weight excluding hydrogens is 264 g/mol. The first kappa shape index (κ1) is 16.0. The number of carbonyl (C=O) groups excluding carboxylic acids is 1. The van der Waals surface area contributed by atoms with Crippen molar-refractivity contribution in [2.45, 2.75) is 51.6 Å². The maximum absolute atomic E-state index is 12.7. The molecule has 0 radical (unpaired) electrons. The molecule has 1 unspecified atom stereocenters. The van der Waals surface area contributed by atoms with Gasteiger partial charge in [0, 0.05) is 12.2 Å². The van der Waals surface area contributed by atoms with Crippen LogP contribution < -0.4 is 10.6 Å². The van der Waals surface area contributed by atoms with Gasteiger partial charge in [0.15, 0.2) is 0 Å². The van der Waals surface area contributed by atoms with Crippen LogP contribution >= 0.6 is 0 Å². The number of nitrogens with zero attached hydrogens (tertiary/aromatic N) is 1. The summed E-state index contributed by atoms with van der Waals surface area (Å²) >= 11 is 0. The number of amides is 1. The lowest BCUT2D eigenvalue weighted by Gasteiger charge is -2.20. The summed E-state index contributed by atoms with van der Waals surface area (Å²) in [6, 6.07) is 5.89. The predicted molar refractivity (Wildman–Crippen MR) is 85.4 cm³/mol. The molecular formula is C17H26N2O2. The van der Waals surface area contributed by atoms with Crippen LogP contribution in [0.3, 0.4) is 0 Å². The molecule has 1 amide bonds. The third kappa shape index (κ3) is 2.83. The van der Waals surface area contributed by atoms with Gasteiger partial charge in [0.25, 0.3) is 0 Å². The van der Waals surface area contributed by atoms with E-state index in [1.165, 1.54) is 0 Å². The first-order valence-electron chi connectivity index (χ1n) is 7.78. The van der Waals surface area contributed by atoms with Crippen LogP contribution in [-0.4, -0.2) is 24.1 Å². The van der Waals surface area contributed by atoms with Crippen LogP contribution in [0.2, 0.25) is 0 Å². The minimum absolute atomic E-state index is 0.137. The highest BCUT2D eigenvalue weighted by atomic mass is 16.3. The molecule has 1 atom stereocenters. The van der Waals surface area contributed by atoms with Crippen molar-refractivity contribution in [3.63, 3.8) is 0 Å². The van der Waals surface area contributed by atoms with Gasteiger partial charge in [-0.15, -0.1) is 0 Å². The monoisotopic (exact) mass is 290 g/mol. The van der Waals surface area contributed by atoms with Crippen LogP contribution in [-0.2, 0) is 10.2 Å². The average molecular weight is 290 g/mol. The molecule has 21 heavy (non-hydrogen) atoms. The summed E-state index contributed by atoms with van der Waals surface area (Å²) in [5.74, 6) is 0.137. The Morgan fingerprint density at radius 1 is 1.33 bits per heavy atom. The van der Waals surface area contributed by atoms with E-state index < -0.39 is 11.5 Å². The molecule has 116 valence electrons. The highest BCUT2D eigenvalue weighted by molar-refractivity contribution is 6.07. The SMILES string of the molecule is CCC(O)c1ccc2c(c1)C(C)(C)C(=O)N2CCCCN. The molecule has 3 N–H and O–H groups in total. The summed E-state index contributed by atoms with van der Waals surface area (Å²) in [6.45, 7) is 7.23. The van der Waals surface area contributed by atoms with Crippen molar-refractivity contribution in [1.29, 1.82) is 0 Å². The maximum atomic E-state index is 12.7. The third-order valence-electron chi connectivity index (χ3n) is 4.37. The molecule has 1 heterocycles. The van der Waals surface area contributed by atoms with Crippen LogP contribution in [0.4, 0.5) is 5.69 Å². The number of aliphatic hydroxyl groups excluding tert-OH is 1. The number of carbonyl (C=O) groups is 1. The van der Waals surface area contributed by atoms with Gasteiger partial charge in [-0.05, 0) is 56.8 Å². The standard InChI is InChI=1S/C17H26N2O2/c1-4-15(20)12-7-8-14-13(11-12)17(2,3)16(21)19(14)10-6-5-9-18/h7-8,11,15,20H,4-6,9-10,18H2,1-3H3. The third-order valence-corrected chi connectivity index (χ3v) is 4.37. The fourth-order valence-electron chi connectivity index (χ4n) is 2.93. The van der Waals surface area contributed by atoms with Crippen molar-refractivity contribution in [3.8, 4) is 0 Å². The second-order valence-corrected chi connectivity index (χ2v) is 6.28. The second kappa shape index (κ2) is 6.16. The molecule has 1 aliphatic heterocycles. The van der Waals surface area contributed by atoms with Crippen LogP contribution in [0.5, 0.6) is 0 Å². The fourth-order valence-corrected chi connectivity index (χ4v) is 2.93. The average Bonchev–Trinajstić information content (AvgIpc) is 2.67. The van der Waals surface area contributed by atoms with E-state index in [4.69, 9.17) is 5.73 Å². The number of rotatable bonds is 6. The Labute approximate surface area is 126 Å². The molecule has 1 aliphatic rings. The van der Waals surface area contributed by atoms with E-state index in [-0.39, 0.29) is 5.91 Å². The summed E-state index contributed by atoms with van der Waals surface area (Å²) in [7, 11) is 0. The normalized spacial score (nSPS) is 18.0. The molecule has 0 bridgehead atoms. The zero-order chi connectivity index (χ0) is 15.6. The lowest BCUT2D eigenvalue weighted by atomic mass is 9.85. The molecule has 2 rings (SSSR count). The molecule has 0 fully saturated rings. The van der Waals surface area contributed by atoms with E-state index in [1.807, 2.05) is 43.9 Å². The molecule has 0 aliphatic carbocycles. The number of fused-ring (bicyclic) bond motifs is 1. The van der Waals surface area contributed by atoms with E-state index in [1.54, 1.807) is 0 Å². The predicted octanol–water partition coefficient (Wildman–Crippen LogP) is 2.49. The van der Waals surface area contributed by atoms with E-state index >= 15 is 0 Å².